The molecule has 13 nitrogen and oxygen atoms in total. The zero-order valence-corrected chi connectivity index (χ0v) is 34.6. The number of aryl methyl sites for hydroxylation is 1. The first-order chi connectivity index (χ1) is 29.9. The fourth-order valence-corrected chi connectivity index (χ4v) is 11.1. The van der Waals surface area contributed by atoms with Gasteiger partial charge in [-0.25, -0.2) is 37.5 Å². The van der Waals surface area contributed by atoms with Crippen LogP contribution in [0.5, 0.6) is 11.5 Å². The summed E-state index contributed by atoms with van der Waals surface area (Å²) >= 11 is 0. The molecule has 0 radical (unpaired) electrons. The van der Waals surface area contributed by atoms with Crippen molar-refractivity contribution in [1.82, 2.24) is 38.9 Å². The number of aromatic nitrogens is 6. The lowest BCUT2D eigenvalue weighted by Gasteiger charge is -2.75. The number of nitrogens with zero attached hydrogens (tertiary/aromatic N) is 8. The average molecular weight is 917 g/mol. The summed E-state index contributed by atoms with van der Waals surface area (Å²) in [5.74, 6) is -5.88. The maximum atomic E-state index is 13.5. The van der Waals surface area contributed by atoms with Crippen molar-refractivity contribution < 1.29 is 58.5 Å². The van der Waals surface area contributed by atoms with Crippen LogP contribution in [-0.4, -0.2) is 106 Å². The van der Waals surface area contributed by atoms with Crippen molar-refractivity contribution in [3.8, 4) is 34.0 Å². The Bertz CT molecular complexity index is 2210. The molecule has 0 atom stereocenters. The Hall–Kier alpha value is -4.90. The SMILES string of the molecule is CCc1nc(-c2cnc(N)c(OC(F)(F)F)c2)cn1C12CC(N3CCC(F)(F)CC3)(C1)C2.Nc1ncc(-c2cn(C34CC(N5CCC(F)(F)CC5)(C3)C4)c(CO)n2)cc1OC(F)(F)F. The van der Waals surface area contributed by atoms with Crippen molar-refractivity contribution in [2.45, 2.75) is 131 Å². The summed E-state index contributed by atoms with van der Waals surface area (Å²) < 4.78 is 142. The van der Waals surface area contributed by atoms with Crippen molar-refractivity contribution in [2.75, 3.05) is 37.6 Å². The van der Waals surface area contributed by atoms with Crippen LogP contribution in [0.15, 0.2) is 36.9 Å². The van der Waals surface area contributed by atoms with Crippen LogP contribution < -0.4 is 20.9 Å². The molecular formula is C41H46F10N10O3. The van der Waals surface area contributed by atoms with Gasteiger partial charge in [-0.05, 0) is 50.7 Å². The standard InChI is InChI=1S/C21H24F5N5O.C20H22F5N5O2/c1-2-16-29-14(13-7-15(17(27)28-8-13)32-21(24,25)26)9-31(16)19-10-18(11-19,12-19)30-5-3-20(22,23)4-6-30;21-19(22)1-3-29(4-2-19)17-9-18(10-17,11-17)30-7-13(28-15(30)8-31)12-5-14(16(26)27-6-12)32-20(23,24)25/h7-9H,2-6,10-12H2,1H3,(H2,27,28);5-7,31H,1-4,8-11H2,(H2,26,27). The van der Waals surface area contributed by atoms with Gasteiger partial charge < -0.3 is 35.2 Å². The van der Waals surface area contributed by atoms with Gasteiger partial charge in [0.1, 0.15) is 18.3 Å². The van der Waals surface area contributed by atoms with E-state index in [9.17, 15) is 49.0 Å². The van der Waals surface area contributed by atoms with Crippen LogP contribution >= 0.6 is 0 Å². The fraction of sp³-hybridized carbons (Fsp3) is 0.610. The zero-order chi connectivity index (χ0) is 45.9. The summed E-state index contributed by atoms with van der Waals surface area (Å²) in [6.07, 6.45) is 1.51. The van der Waals surface area contributed by atoms with E-state index in [4.69, 9.17) is 11.5 Å². The third-order valence-corrected chi connectivity index (χ3v) is 14.1. The lowest BCUT2D eigenvalue weighted by molar-refractivity contribution is -0.275. The van der Waals surface area contributed by atoms with E-state index in [2.05, 4.69) is 43.8 Å². The number of alkyl halides is 10. The molecule has 4 aromatic heterocycles. The Morgan fingerprint density at radius 2 is 0.969 bits per heavy atom. The number of ether oxygens (including phenoxy) is 2. The number of aliphatic hydroxyl groups excluding tert-OH is 1. The second kappa shape index (κ2) is 14.8. The second-order valence-corrected chi connectivity index (χ2v) is 18.3. The van der Waals surface area contributed by atoms with Crippen molar-refractivity contribution in [2.24, 2.45) is 0 Å². The number of rotatable bonds is 10. The smallest absolute Gasteiger partial charge is 0.402 e. The number of nitrogens with two attached hydrogens (primary N) is 2. The highest BCUT2D eigenvalue weighted by Gasteiger charge is 2.73. The number of anilines is 2. The Morgan fingerprint density at radius 1 is 0.609 bits per heavy atom. The Balaban J connectivity index is 0.000000162. The Kier molecular flexibility index (Phi) is 10.3. The number of hydrogen-bond donors (Lipinski definition) is 3. The summed E-state index contributed by atoms with van der Waals surface area (Å²) in [6.45, 7) is 3.18. The molecule has 8 aliphatic rings. The predicted octanol–water partition coefficient (Wildman–Crippen LogP) is 7.63. The van der Waals surface area contributed by atoms with E-state index in [0.29, 0.717) is 55.4 Å². The van der Waals surface area contributed by atoms with Crippen LogP contribution in [0.1, 0.15) is 82.8 Å². The molecule has 348 valence electrons. The number of nitrogen functional groups attached to an aromatic ring is 2. The number of piperidine rings is 2. The van der Waals surface area contributed by atoms with Gasteiger partial charge in [0.15, 0.2) is 23.1 Å². The van der Waals surface area contributed by atoms with Crippen LogP contribution in [0, 0.1) is 0 Å². The molecule has 4 bridgehead atoms. The number of hydrogen-bond acceptors (Lipinski definition) is 11. The van der Waals surface area contributed by atoms with E-state index in [-0.39, 0.29) is 65.8 Å². The molecule has 5 N–H and O–H groups in total. The van der Waals surface area contributed by atoms with Crippen LogP contribution in [-0.2, 0) is 24.1 Å². The van der Waals surface area contributed by atoms with Gasteiger partial charge >= 0.3 is 12.7 Å². The number of imidazole rings is 2. The van der Waals surface area contributed by atoms with Gasteiger partial charge in [0.25, 0.3) is 11.8 Å². The van der Waals surface area contributed by atoms with Crippen LogP contribution in [0.2, 0.25) is 0 Å². The van der Waals surface area contributed by atoms with E-state index in [1.165, 1.54) is 18.5 Å². The van der Waals surface area contributed by atoms with Crippen LogP contribution in [0.3, 0.4) is 0 Å². The highest BCUT2D eigenvalue weighted by atomic mass is 19.4. The van der Waals surface area contributed by atoms with Crippen molar-refractivity contribution in [1.29, 1.82) is 0 Å². The molecule has 64 heavy (non-hydrogen) atoms. The summed E-state index contributed by atoms with van der Waals surface area (Å²) in [5, 5.41) is 9.81. The predicted molar refractivity (Wildman–Crippen MR) is 209 cm³/mol. The molecule has 4 aromatic rings. The number of halogens is 10. The second-order valence-electron chi connectivity index (χ2n) is 18.3. The molecule has 0 amide bonds. The Labute approximate surface area is 359 Å². The molecule has 0 spiro atoms. The lowest BCUT2D eigenvalue weighted by Crippen LogP contribution is -2.79. The lowest BCUT2D eigenvalue weighted by atomic mass is 9.43. The molecule has 2 saturated heterocycles. The topological polar surface area (TPSA) is 159 Å². The first kappa shape index (κ1) is 44.3. The first-order valence-electron chi connectivity index (χ1n) is 21.0. The average Bonchev–Trinajstić information content (AvgIpc) is 3.77. The largest absolute Gasteiger partial charge is 0.573 e. The summed E-state index contributed by atoms with van der Waals surface area (Å²) in [7, 11) is 0. The highest BCUT2D eigenvalue weighted by Crippen LogP contribution is 2.70. The van der Waals surface area contributed by atoms with Gasteiger partial charge in [-0.15, -0.1) is 26.3 Å². The molecule has 6 heterocycles. The van der Waals surface area contributed by atoms with E-state index >= 15 is 0 Å². The first-order valence-corrected chi connectivity index (χ1v) is 21.0. The molecule has 23 heteroatoms. The molecule has 0 aromatic carbocycles. The van der Waals surface area contributed by atoms with Gasteiger partial charge in [-0.3, -0.25) is 9.80 Å². The molecule has 2 aliphatic heterocycles. The summed E-state index contributed by atoms with van der Waals surface area (Å²) in [5.41, 5.74) is 12.0. The van der Waals surface area contributed by atoms with Crippen molar-refractivity contribution in [3.05, 3.63) is 48.6 Å². The maximum Gasteiger partial charge on any atom is 0.573 e. The van der Waals surface area contributed by atoms with E-state index in [0.717, 1.165) is 50.4 Å². The van der Waals surface area contributed by atoms with E-state index in [1.54, 1.807) is 6.20 Å². The van der Waals surface area contributed by atoms with Gasteiger partial charge in [-0.1, -0.05) is 6.92 Å². The Morgan fingerprint density at radius 3 is 1.31 bits per heavy atom. The summed E-state index contributed by atoms with van der Waals surface area (Å²) in [6, 6.07) is 2.31. The molecule has 6 aliphatic carbocycles. The zero-order valence-electron chi connectivity index (χ0n) is 34.6. The van der Waals surface area contributed by atoms with Gasteiger partial charge in [0.2, 0.25) is 0 Å². The number of pyridine rings is 2. The van der Waals surface area contributed by atoms with E-state index < -0.39 is 41.9 Å². The molecule has 8 fully saturated rings. The molecular weight excluding hydrogens is 870 g/mol. The highest BCUT2D eigenvalue weighted by molar-refractivity contribution is 5.65. The third-order valence-electron chi connectivity index (χ3n) is 14.1. The normalized spacial score (nSPS) is 29.3. The monoisotopic (exact) mass is 916 g/mol. The van der Waals surface area contributed by atoms with Crippen LogP contribution in [0.4, 0.5) is 55.5 Å². The quantitative estimate of drug-likeness (QED) is 0.134. The minimum atomic E-state index is -4.91. The third kappa shape index (κ3) is 7.87. The molecule has 0 unspecified atom stereocenters. The maximum absolute atomic E-state index is 13.5. The van der Waals surface area contributed by atoms with Gasteiger partial charge in [0, 0.05) is 105 Å². The van der Waals surface area contributed by atoms with Gasteiger partial charge in [-0.2, -0.15) is 0 Å². The van der Waals surface area contributed by atoms with Crippen molar-refractivity contribution in [3.63, 3.8) is 0 Å². The number of aliphatic hydroxyl groups is 1. The minimum Gasteiger partial charge on any atom is -0.402 e. The van der Waals surface area contributed by atoms with Crippen molar-refractivity contribution >= 4 is 11.6 Å². The fourth-order valence-electron chi connectivity index (χ4n) is 11.1. The molecule has 6 saturated carbocycles. The minimum absolute atomic E-state index is 0.0115. The summed E-state index contributed by atoms with van der Waals surface area (Å²) in [4.78, 5) is 21.0. The molecule has 12 rings (SSSR count). The van der Waals surface area contributed by atoms with Crippen LogP contribution in [0.25, 0.3) is 22.5 Å². The van der Waals surface area contributed by atoms with E-state index in [1.807, 2.05) is 17.7 Å². The number of likely N-dealkylation sites (tertiary alicyclic amines) is 2. The van der Waals surface area contributed by atoms with Gasteiger partial charge in [0.05, 0.1) is 22.5 Å².